The predicted molar refractivity (Wildman–Crippen MR) is 154 cm³/mol. The summed E-state index contributed by atoms with van der Waals surface area (Å²) in [4.78, 5) is 17.8. The normalized spacial score (nSPS) is 16.6. The molecule has 0 radical (unpaired) electrons. The molecule has 1 unspecified atom stereocenters. The van der Waals surface area contributed by atoms with E-state index >= 15 is 0 Å². The molecule has 6 rings (SSSR count). The first kappa shape index (κ1) is 29.7. The van der Waals surface area contributed by atoms with E-state index in [9.17, 15) is 18.0 Å². The van der Waals surface area contributed by atoms with E-state index in [0.717, 1.165) is 18.9 Å². The Morgan fingerprint density at radius 2 is 1.93 bits per heavy atom. The SMILES string of the molecule is COC(=O)c1cc(C2=NOC(c3ccc(OCc4c(-c5ccccc5C(F)(F)F)noc4C4CC4)cc3Cl)C2)n(C(C)C)n1. The topological polar surface area (TPSA) is 101 Å². The fourth-order valence-corrected chi connectivity index (χ4v) is 5.49. The minimum Gasteiger partial charge on any atom is -0.489 e. The first-order chi connectivity index (χ1) is 21.0. The fourth-order valence-electron chi connectivity index (χ4n) is 5.19. The Morgan fingerprint density at radius 1 is 1.16 bits per heavy atom. The molecule has 1 fully saturated rings. The van der Waals surface area contributed by atoms with Crippen LogP contribution in [-0.2, 0) is 22.4 Å². The zero-order valence-electron chi connectivity index (χ0n) is 24.0. The van der Waals surface area contributed by atoms with Crippen LogP contribution in [0.4, 0.5) is 13.2 Å². The summed E-state index contributed by atoms with van der Waals surface area (Å²) < 4.78 is 59.4. The van der Waals surface area contributed by atoms with Gasteiger partial charge in [0.15, 0.2) is 11.8 Å². The lowest BCUT2D eigenvalue weighted by Crippen LogP contribution is -2.13. The van der Waals surface area contributed by atoms with Crippen LogP contribution in [0.3, 0.4) is 0 Å². The Kier molecular flexibility index (Phi) is 7.87. The number of esters is 1. The molecule has 0 saturated heterocycles. The average Bonchev–Trinajstić information content (AvgIpc) is 3.37. The summed E-state index contributed by atoms with van der Waals surface area (Å²) in [5, 5.41) is 13.0. The third-order valence-corrected chi connectivity index (χ3v) is 7.87. The van der Waals surface area contributed by atoms with E-state index in [-0.39, 0.29) is 35.5 Å². The second-order valence-electron chi connectivity index (χ2n) is 10.9. The molecule has 1 saturated carbocycles. The maximum Gasteiger partial charge on any atom is 0.417 e. The number of carbonyl (C=O) groups excluding carboxylic acids is 1. The molecular weight excluding hydrogens is 601 g/mol. The highest BCUT2D eigenvalue weighted by molar-refractivity contribution is 6.31. The van der Waals surface area contributed by atoms with Crippen LogP contribution in [0.2, 0.25) is 5.02 Å². The number of rotatable bonds is 9. The van der Waals surface area contributed by atoms with Gasteiger partial charge in [-0.1, -0.05) is 46.2 Å². The van der Waals surface area contributed by atoms with Gasteiger partial charge in [0.25, 0.3) is 0 Å². The van der Waals surface area contributed by atoms with Gasteiger partial charge in [0, 0.05) is 35.6 Å². The Hall–Kier alpha value is -4.32. The van der Waals surface area contributed by atoms with Crippen molar-refractivity contribution in [3.05, 3.63) is 87.4 Å². The van der Waals surface area contributed by atoms with Crippen molar-refractivity contribution in [2.45, 2.75) is 64.0 Å². The molecule has 44 heavy (non-hydrogen) atoms. The molecule has 0 spiro atoms. The molecule has 2 aromatic carbocycles. The van der Waals surface area contributed by atoms with Crippen LogP contribution in [-0.4, -0.2) is 33.7 Å². The predicted octanol–water partition coefficient (Wildman–Crippen LogP) is 7.90. The van der Waals surface area contributed by atoms with Gasteiger partial charge in [-0.05, 0) is 44.9 Å². The van der Waals surface area contributed by atoms with Gasteiger partial charge in [0.05, 0.1) is 29.0 Å². The number of hydrogen-bond donors (Lipinski definition) is 0. The highest BCUT2D eigenvalue weighted by Gasteiger charge is 2.38. The number of nitrogens with zero attached hydrogens (tertiary/aromatic N) is 4. The summed E-state index contributed by atoms with van der Waals surface area (Å²) in [5.74, 6) is 0.506. The zero-order valence-corrected chi connectivity index (χ0v) is 24.8. The number of oxime groups is 1. The molecule has 0 N–H and O–H groups in total. The summed E-state index contributed by atoms with van der Waals surface area (Å²) >= 11 is 6.65. The van der Waals surface area contributed by atoms with E-state index in [1.807, 2.05) is 13.8 Å². The molecule has 2 aliphatic rings. The van der Waals surface area contributed by atoms with Crippen LogP contribution >= 0.6 is 11.6 Å². The number of alkyl halides is 3. The van der Waals surface area contributed by atoms with Crippen LogP contribution in [0.25, 0.3) is 11.3 Å². The van der Waals surface area contributed by atoms with Crippen molar-refractivity contribution in [2.24, 2.45) is 5.16 Å². The molecule has 13 heteroatoms. The quantitative estimate of drug-likeness (QED) is 0.174. The van der Waals surface area contributed by atoms with E-state index in [1.54, 1.807) is 28.9 Å². The van der Waals surface area contributed by atoms with Crippen LogP contribution in [0.5, 0.6) is 5.75 Å². The van der Waals surface area contributed by atoms with Gasteiger partial charge in [-0.2, -0.15) is 18.3 Å². The van der Waals surface area contributed by atoms with Crippen molar-refractivity contribution in [2.75, 3.05) is 7.11 Å². The van der Waals surface area contributed by atoms with Gasteiger partial charge >= 0.3 is 12.1 Å². The van der Waals surface area contributed by atoms with Crippen molar-refractivity contribution >= 4 is 23.3 Å². The highest BCUT2D eigenvalue weighted by atomic mass is 35.5. The first-order valence-corrected chi connectivity index (χ1v) is 14.4. The molecular formula is C31H28ClF3N4O5. The number of aromatic nitrogens is 3. The molecule has 4 aromatic rings. The number of carbonyl (C=O) groups is 1. The van der Waals surface area contributed by atoms with Gasteiger partial charge in [-0.25, -0.2) is 4.79 Å². The summed E-state index contributed by atoms with van der Waals surface area (Å²) in [5.41, 5.74) is 1.83. The number of benzene rings is 2. The lowest BCUT2D eigenvalue weighted by Gasteiger charge is -2.14. The Labute approximate surface area is 255 Å². The van der Waals surface area contributed by atoms with Gasteiger partial charge in [0.1, 0.15) is 29.5 Å². The first-order valence-electron chi connectivity index (χ1n) is 14.0. The lowest BCUT2D eigenvalue weighted by atomic mass is 9.99. The Morgan fingerprint density at radius 3 is 2.61 bits per heavy atom. The molecule has 3 heterocycles. The third-order valence-electron chi connectivity index (χ3n) is 7.54. The van der Waals surface area contributed by atoms with Crippen molar-refractivity contribution < 1.29 is 36.8 Å². The van der Waals surface area contributed by atoms with E-state index in [4.69, 9.17) is 30.4 Å². The molecule has 0 amide bonds. The monoisotopic (exact) mass is 628 g/mol. The second-order valence-corrected chi connectivity index (χ2v) is 11.4. The standard InChI is InChI=1S/C31H28ClF3N4O5/c1-16(2)39-26(13-25(36-39)30(40)41-3)24-14-27(43-37-24)20-11-10-18(12-23(20)32)42-15-21-28(38-44-29(21)17-8-9-17)19-6-4-5-7-22(19)31(33,34)35/h4-7,10-13,16-17,27H,8-9,14-15H2,1-3H3. The van der Waals surface area contributed by atoms with Gasteiger partial charge in [-0.15, -0.1) is 0 Å². The number of ether oxygens (including phenoxy) is 2. The van der Waals surface area contributed by atoms with Gasteiger partial charge in [-0.3, -0.25) is 4.68 Å². The van der Waals surface area contributed by atoms with E-state index in [2.05, 4.69) is 15.4 Å². The number of methoxy groups -OCH3 is 1. The third kappa shape index (κ3) is 5.78. The van der Waals surface area contributed by atoms with Crippen molar-refractivity contribution in [1.29, 1.82) is 0 Å². The van der Waals surface area contributed by atoms with Crippen molar-refractivity contribution in [3.63, 3.8) is 0 Å². The second kappa shape index (κ2) is 11.6. The molecule has 0 bridgehead atoms. The van der Waals surface area contributed by atoms with Crippen LogP contribution < -0.4 is 4.74 Å². The molecule has 1 atom stereocenters. The van der Waals surface area contributed by atoms with Crippen molar-refractivity contribution in [3.8, 4) is 17.0 Å². The van der Waals surface area contributed by atoms with Gasteiger partial charge < -0.3 is 18.8 Å². The van der Waals surface area contributed by atoms with Gasteiger partial charge in [0.2, 0.25) is 0 Å². The van der Waals surface area contributed by atoms with E-state index in [0.29, 0.717) is 45.5 Å². The number of halogens is 4. The molecule has 1 aliphatic carbocycles. The molecule has 230 valence electrons. The van der Waals surface area contributed by atoms with Crippen LogP contribution in [0.15, 0.2) is 58.2 Å². The Bertz CT molecular complexity index is 1740. The minimum atomic E-state index is -4.55. The largest absolute Gasteiger partial charge is 0.489 e. The summed E-state index contributed by atoms with van der Waals surface area (Å²) in [6.45, 7) is 3.82. The van der Waals surface area contributed by atoms with Crippen LogP contribution in [0.1, 0.15) is 89.8 Å². The number of hydrogen-bond acceptors (Lipinski definition) is 8. The maximum atomic E-state index is 13.8. The summed E-state index contributed by atoms with van der Waals surface area (Å²) in [6, 6.07) is 12.0. The molecule has 1 aliphatic heterocycles. The van der Waals surface area contributed by atoms with Crippen molar-refractivity contribution in [1.82, 2.24) is 14.9 Å². The van der Waals surface area contributed by atoms with Crippen LogP contribution in [0, 0.1) is 0 Å². The van der Waals surface area contributed by atoms with E-state index < -0.39 is 23.8 Å². The molecule has 9 nitrogen and oxygen atoms in total. The van der Waals surface area contributed by atoms with E-state index in [1.165, 1.54) is 25.3 Å². The maximum absolute atomic E-state index is 13.8. The minimum absolute atomic E-state index is 0.0431. The zero-order chi connectivity index (χ0) is 31.2. The summed E-state index contributed by atoms with van der Waals surface area (Å²) in [6.07, 6.45) is -2.92. The fraction of sp³-hybridized carbons (Fsp3) is 0.355. The smallest absolute Gasteiger partial charge is 0.417 e. The highest BCUT2D eigenvalue weighted by Crippen LogP contribution is 2.46. The lowest BCUT2D eigenvalue weighted by molar-refractivity contribution is -0.137. The molecule has 2 aromatic heterocycles. The summed E-state index contributed by atoms with van der Waals surface area (Å²) in [7, 11) is 1.29. The average molecular weight is 629 g/mol. The Balaban J connectivity index is 1.20.